The van der Waals surface area contributed by atoms with E-state index >= 15 is 0 Å². The van der Waals surface area contributed by atoms with Gasteiger partial charge in [-0.1, -0.05) is 30.3 Å². The lowest BCUT2D eigenvalue weighted by molar-refractivity contribution is -0.143. The van der Waals surface area contributed by atoms with Gasteiger partial charge < -0.3 is 10.6 Å². The van der Waals surface area contributed by atoms with Crippen molar-refractivity contribution < 1.29 is 35.9 Å². The summed E-state index contributed by atoms with van der Waals surface area (Å²) in [6.07, 6.45) is -10.1. The molecule has 0 aliphatic heterocycles. The minimum Gasteiger partial charge on any atom is -0.339 e. The Labute approximate surface area is 161 Å². The molecule has 0 aliphatic carbocycles. The predicted octanol–water partition coefficient (Wildman–Crippen LogP) is 4.71. The molecule has 0 saturated carbocycles. The number of carbonyl (C=O) groups excluding carboxylic acids is 2. The summed E-state index contributed by atoms with van der Waals surface area (Å²) in [6.45, 7) is 3.17. The van der Waals surface area contributed by atoms with Crippen molar-refractivity contribution in [2.24, 2.45) is 0 Å². The fourth-order valence-corrected chi connectivity index (χ4v) is 2.48. The number of nitrogens with one attached hydrogen (secondary N) is 2. The molecule has 0 spiro atoms. The second-order valence-corrected chi connectivity index (χ2v) is 6.69. The zero-order valence-corrected chi connectivity index (χ0v) is 15.2. The quantitative estimate of drug-likeness (QED) is 0.560. The molecule has 29 heavy (non-hydrogen) atoms. The lowest BCUT2D eigenvalue weighted by Crippen LogP contribution is -2.46. The van der Waals surface area contributed by atoms with E-state index in [0.717, 1.165) is 0 Å². The van der Waals surface area contributed by atoms with Crippen molar-refractivity contribution in [1.29, 1.82) is 0 Å². The first-order valence-corrected chi connectivity index (χ1v) is 8.18. The zero-order valence-electron chi connectivity index (χ0n) is 15.2. The van der Waals surface area contributed by atoms with Crippen LogP contribution in [0.1, 0.15) is 30.5 Å². The van der Waals surface area contributed by atoms with E-state index in [1.165, 1.54) is 0 Å². The third-order valence-electron chi connectivity index (χ3n) is 3.97. The van der Waals surface area contributed by atoms with Crippen LogP contribution in [0.4, 0.5) is 32.0 Å². The van der Waals surface area contributed by atoms with Crippen LogP contribution in [0.15, 0.2) is 48.5 Å². The Morgan fingerprint density at radius 1 is 0.724 bits per heavy atom. The van der Waals surface area contributed by atoms with E-state index in [0.29, 0.717) is 17.7 Å². The number of benzene rings is 2. The molecular weight excluding hydrogens is 402 g/mol. The highest BCUT2D eigenvalue weighted by Gasteiger charge is 2.37. The van der Waals surface area contributed by atoms with Crippen molar-refractivity contribution in [3.8, 4) is 0 Å². The van der Waals surface area contributed by atoms with Gasteiger partial charge in [-0.3, -0.25) is 9.59 Å². The SMILES string of the molecule is CC(C)(NC(=O)C(=O)Nc1cc(C(F)(F)F)cc(C(F)(F)F)c1)c1ccccc1. The monoisotopic (exact) mass is 418 g/mol. The van der Waals surface area contributed by atoms with Gasteiger partial charge in [0, 0.05) is 5.69 Å². The van der Waals surface area contributed by atoms with E-state index in [1.54, 1.807) is 49.5 Å². The molecule has 2 aromatic rings. The number of hydrogen-bond donors (Lipinski definition) is 2. The summed E-state index contributed by atoms with van der Waals surface area (Å²) in [6, 6.07) is 9.07. The van der Waals surface area contributed by atoms with Crippen molar-refractivity contribution in [3.05, 3.63) is 65.2 Å². The molecule has 0 unspecified atom stereocenters. The maximum Gasteiger partial charge on any atom is 0.416 e. The lowest BCUT2D eigenvalue weighted by atomic mass is 9.94. The maximum absolute atomic E-state index is 12.9. The number of rotatable bonds is 3. The fourth-order valence-electron chi connectivity index (χ4n) is 2.48. The molecule has 2 rings (SSSR count). The number of halogens is 6. The molecule has 0 fully saturated rings. The predicted molar refractivity (Wildman–Crippen MR) is 92.7 cm³/mol. The molecule has 10 heteroatoms. The first-order chi connectivity index (χ1) is 13.2. The van der Waals surface area contributed by atoms with Crippen molar-refractivity contribution >= 4 is 17.5 Å². The van der Waals surface area contributed by atoms with E-state index in [9.17, 15) is 35.9 Å². The third kappa shape index (κ3) is 5.72. The summed E-state index contributed by atoms with van der Waals surface area (Å²) < 4.78 is 77.3. The summed E-state index contributed by atoms with van der Waals surface area (Å²) in [5, 5.41) is 4.18. The molecule has 0 atom stereocenters. The highest BCUT2D eigenvalue weighted by atomic mass is 19.4. The van der Waals surface area contributed by atoms with Gasteiger partial charge in [0.2, 0.25) is 0 Å². The van der Waals surface area contributed by atoms with Crippen LogP contribution in [0.25, 0.3) is 0 Å². The standard InChI is InChI=1S/C19H16F6N2O2/c1-17(2,11-6-4-3-5-7-11)27-16(29)15(28)26-14-9-12(18(20,21)22)8-13(10-14)19(23,24)25/h3-10H,1-2H3,(H,26,28)(H,27,29). The Kier molecular flexibility index (Phi) is 5.96. The van der Waals surface area contributed by atoms with Gasteiger partial charge in [0.15, 0.2) is 0 Å². The van der Waals surface area contributed by atoms with Crippen LogP contribution in [0, 0.1) is 0 Å². The minimum absolute atomic E-state index is 0.0752. The molecule has 4 nitrogen and oxygen atoms in total. The molecule has 2 amide bonds. The van der Waals surface area contributed by atoms with Crippen LogP contribution in [-0.4, -0.2) is 11.8 Å². The average Bonchev–Trinajstić information content (AvgIpc) is 2.60. The van der Waals surface area contributed by atoms with Crippen molar-refractivity contribution in [3.63, 3.8) is 0 Å². The van der Waals surface area contributed by atoms with Crippen LogP contribution >= 0.6 is 0 Å². The summed E-state index contributed by atoms with van der Waals surface area (Å²) in [5.41, 5.74) is -4.38. The normalized spacial score (nSPS) is 12.4. The van der Waals surface area contributed by atoms with Gasteiger partial charge in [0.1, 0.15) is 0 Å². The molecule has 2 aromatic carbocycles. The number of carbonyl (C=O) groups is 2. The molecule has 156 valence electrons. The first kappa shape index (κ1) is 22.3. The van der Waals surface area contributed by atoms with E-state index in [1.807, 2.05) is 0 Å². The molecule has 0 heterocycles. The van der Waals surface area contributed by atoms with E-state index in [-0.39, 0.29) is 6.07 Å². The van der Waals surface area contributed by atoms with Crippen LogP contribution in [0.5, 0.6) is 0 Å². The Morgan fingerprint density at radius 2 is 1.21 bits per heavy atom. The van der Waals surface area contributed by atoms with Gasteiger partial charge in [0.25, 0.3) is 0 Å². The summed E-state index contributed by atoms with van der Waals surface area (Å²) in [7, 11) is 0. The summed E-state index contributed by atoms with van der Waals surface area (Å²) >= 11 is 0. The van der Waals surface area contributed by atoms with E-state index < -0.39 is 46.5 Å². The molecule has 2 N–H and O–H groups in total. The molecule has 0 aliphatic rings. The van der Waals surface area contributed by atoms with Crippen LogP contribution in [0.2, 0.25) is 0 Å². The van der Waals surface area contributed by atoms with Crippen LogP contribution in [0.3, 0.4) is 0 Å². The van der Waals surface area contributed by atoms with E-state index in [4.69, 9.17) is 0 Å². The van der Waals surface area contributed by atoms with Crippen LogP contribution < -0.4 is 10.6 Å². The number of amides is 2. The maximum atomic E-state index is 12.9. The van der Waals surface area contributed by atoms with Gasteiger partial charge in [-0.25, -0.2) is 0 Å². The number of alkyl halides is 6. The highest BCUT2D eigenvalue weighted by Crippen LogP contribution is 2.37. The Balaban J connectivity index is 2.24. The Bertz CT molecular complexity index is 873. The van der Waals surface area contributed by atoms with E-state index in [2.05, 4.69) is 5.32 Å². The highest BCUT2D eigenvalue weighted by molar-refractivity contribution is 6.39. The smallest absolute Gasteiger partial charge is 0.339 e. The Morgan fingerprint density at radius 3 is 1.66 bits per heavy atom. The third-order valence-corrected chi connectivity index (χ3v) is 3.97. The fraction of sp³-hybridized carbons (Fsp3) is 0.263. The number of hydrogen-bond acceptors (Lipinski definition) is 2. The van der Waals surface area contributed by atoms with Crippen LogP contribution in [-0.2, 0) is 27.5 Å². The largest absolute Gasteiger partial charge is 0.416 e. The summed E-state index contributed by atoms with van der Waals surface area (Å²) in [5.74, 6) is -2.62. The Hall–Kier alpha value is -3.04. The molecule has 0 radical (unpaired) electrons. The molecule has 0 saturated heterocycles. The lowest BCUT2D eigenvalue weighted by Gasteiger charge is -2.26. The van der Waals surface area contributed by atoms with Gasteiger partial charge in [-0.2, -0.15) is 26.3 Å². The second-order valence-electron chi connectivity index (χ2n) is 6.69. The average molecular weight is 418 g/mol. The first-order valence-electron chi connectivity index (χ1n) is 8.18. The van der Waals surface area contributed by atoms with Crippen molar-refractivity contribution in [2.45, 2.75) is 31.7 Å². The molecule has 0 aromatic heterocycles. The topological polar surface area (TPSA) is 58.2 Å². The number of anilines is 1. The summed E-state index contributed by atoms with van der Waals surface area (Å²) in [4.78, 5) is 24.2. The van der Waals surface area contributed by atoms with Gasteiger partial charge in [0.05, 0.1) is 16.7 Å². The molecule has 0 bridgehead atoms. The second kappa shape index (κ2) is 7.76. The van der Waals surface area contributed by atoms with Gasteiger partial charge >= 0.3 is 24.2 Å². The van der Waals surface area contributed by atoms with Crippen molar-refractivity contribution in [1.82, 2.24) is 5.32 Å². The van der Waals surface area contributed by atoms with Crippen molar-refractivity contribution in [2.75, 3.05) is 5.32 Å². The van der Waals surface area contributed by atoms with Gasteiger partial charge in [-0.15, -0.1) is 0 Å². The molecular formula is C19H16F6N2O2. The van der Waals surface area contributed by atoms with Gasteiger partial charge in [-0.05, 0) is 37.6 Å². The minimum atomic E-state index is -5.07. The zero-order chi connectivity index (χ0) is 22.0.